The molecule has 0 bridgehead atoms. The molecule has 206 valence electrons. The molecule has 0 saturated heterocycles. The minimum absolute atomic E-state index is 0.0754. The van der Waals surface area contributed by atoms with Crippen LogP contribution in [0, 0.1) is 10.8 Å². The van der Waals surface area contributed by atoms with E-state index < -0.39 is 47.1 Å². The van der Waals surface area contributed by atoms with Crippen molar-refractivity contribution < 1.29 is 32.7 Å². The number of carboxylic acids is 1. The number of aliphatic carboxylic acids is 1. The zero-order valence-electron chi connectivity index (χ0n) is 20.1. The summed E-state index contributed by atoms with van der Waals surface area (Å²) in [6.45, 7) is 1.66. The van der Waals surface area contributed by atoms with Crippen LogP contribution in [-0.4, -0.2) is 49.7 Å². The van der Waals surface area contributed by atoms with Crippen LogP contribution in [0.1, 0.15) is 78.6 Å². The Morgan fingerprint density at radius 1 is 1.11 bits per heavy atom. The summed E-state index contributed by atoms with van der Waals surface area (Å²) >= 11 is 18.5. The standard InChI is InChI=1S/C24H24Cl3F3N4O4/c1-22(21(37)38)4-2-12(3-5-22)34-19(27)13(9-32-34)20(36)33-17(23(6-7-23)24(28,29)30)8-16(35)18-14(25)10-31-11-15(18)26/h9-12,17H,2-8H2,1H3,(H,33,36)(H,37,38)/t12-,17?,22-. The van der Waals surface area contributed by atoms with Crippen LogP contribution in [-0.2, 0) is 4.79 Å². The first kappa shape index (κ1) is 28.6. The third kappa shape index (κ3) is 5.24. The molecule has 0 aliphatic heterocycles. The number of hydrogen-bond acceptors (Lipinski definition) is 5. The Labute approximate surface area is 230 Å². The van der Waals surface area contributed by atoms with Gasteiger partial charge in [0.1, 0.15) is 5.15 Å². The molecule has 2 aromatic rings. The second kappa shape index (κ2) is 10.3. The van der Waals surface area contributed by atoms with E-state index >= 15 is 0 Å². The predicted octanol–water partition coefficient (Wildman–Crippen LogP) is 6.16. The third-order valence-electron chi connectivity index (χ3n) is 7.75. The molecular weight excluding hydrogens is 572 g/mol. The molecule has 0 spiro atoms. The molecule has 1 atom stereocenters. The number of Topliss-reactive ketones (excluding diaryl/α,β-unsaturated/α-hetero) is 1. The third-order valence-corrected chi connectivity index (χ3v) is 8.70. The van der Waals surface area contributed by atoms with Crippen molar-refractivity contribution in [3.63, 3.8) is 0 Å². The first-order valence-electron chi connectivity index (χ1n) is 11.9. The molecule has 1 amide bonds. The minimum Gasteiger partial charge on any atom is -0.481 e. The van der Waals surface area contributed by atoms with Gasteiger partial charge in [-0.05, 0) is 45.4 Å². The number of carbonyl (C=O) groups excluding carboxylic acids is 2. The maximum Gasteiger partial charge on any atom is 0.396 e. The summed E-state index contributed by atoms with van der Waals surface area (Å²) in [5.74, 6) is -2.57. The van der Waals surface area contributed by atoms with Crippen molar-refractivity contribution >= 4 is 52.5 Å². The molecule has 2 aliphatic carbocycles. The second-order valence-corrected chi connectivity index (χ2v) is 11.3. The van der Waals surface area contributed by atoms with Crippen molar-refractivity contribution in [3.05, 3.63) is 44.9 Å². The molecule has 0 radical (unpaired) electrons. The van der Waals surface area contributed by atoms with Crippen molar-refractivity contribution in [2.75, 3.05) is 0 Å². The van der Waals surface area contributed by atoms with Crippen molar-refractivity contribution in [1.82, 2.24) is 20.1 Å². The number of nitrogens with one attached hydrogen (secondary N) is 1. The average Bonchev–Trinajstić information content (AvgIpc) is 3.56. The molecule has 2 fully saturated rings. The number of carboxylic acid groups (broad SMARTS) is 1. The summed E-state index contributed by atoms with van der Waals surface area (Å²) in [5.41, 5.74) is -3.46. The van der Waals surface area contributed by atoms with Gasteiger partial charge in [0.25, 0.3) is 5.91 Å². The molecule has 0 aromatic carbocycles. The molecule has 14 heteroatoms. The first-order valence-corrected chi connectivity index (χ1v) is 13.0. The number of amides is 1. The Bertz CT molecular complexity index is 1250. The SMILES string of the molecule is C[C@]1(C(=O)O)CC[C@H](n2ncc(C(=O)NC(CC(=O)c3c(Cl)cncc3Cl)C3(C(F)(F)F)CC3)c2Cl)CC1. The number of rotatable bonds is 8. The lowest BCUT2D eigenvalue weighted by Crippen LogP contribution is -2.49. The Balaban J connectivity index is 1.55. The maximum atomic E-state index is 14.0. The second-order valence-electron chi connectivity index (χ2n) is 10.2. The van der Waals surface area contributed by atoms with Gasteiger partial charge in [0, 0.05) is 18.8 Å². The van der Waals surface area contributed by atoms with E-state index in [1.165, 1.54) is 4.68 Å². The van der Waals surface area contributed by atoms with Crippen LogP contribution < -0.4 is 5.32 Å². The van der Waals surface area contributed by atoms with E-state index in [1.54, 1.807) is 6.92 Å². The van der Waals surface area contributed by atoms with Crippen LogP contribution in [0.15, 0.2) is 18.6 Å². The van der Waals surface area contributed by atoms with E-state index in [1.807, 2.05) is 0 Å². The monoisotopic (exact) mass is 594 g/mol. The molecule has 38 heavy (non-hydrogen) atoms. The smallest absolute Gasteiger partial charge is 0.396 e. The van der Waals surface area contributed by atoms with Crippen LogP contribution in [0.4, 0.5) is 13.2 Å². The van der Waals surface area contributed by atoms with E-state index in [9.17, 15) is 32.7 Å². The van der Waals surface area contributed by atoms with E-state index in [0.29, 0.717) is 25.7 Å². The fourth-order valence-electron chi connectivity index (χ4n) is 5.00. The quantitative estimate of drug-likeness (QED) is 0.354. The summed E-state index contributed by atoms with van der Waals surface area (Å²) < 4.78 is 43.5. The lowest BCUT2D eigenvalue weighted by Gasteiger charge is -2.34. The van der Waals surface area contributed by atoms with Crippen molar-refractivity contribution in [1.29, 1.82) is 0 Å². The van der Waals surface area contributed by atoms with Crippen molar-refractivity contribution in [3.8, 4) is 0 Å². The molecule has 2 heterocycles. The van der Waals surface area contributed by atoms with Crippen LogP contribution in [0.25, 0.3) is 0 Å². The molecule has 8 nitrogen and oxygen atoms in total. The summed E-state index contributed by atoms with van der Waals surface area (Å²) in [7, 11) is 0. The largest absolute Gasteiger partial charge is 0.481 e. The Morgan fingerprint density at radius 3 is 2.18 bits per heavy atom. The molecule has 2 aliphatic rings. The first-order chi connectivity index (χ1) is 17.7. The number of nitrogens with zero attached hydrogens (tertiary/aromatic N) is 3. The molecule has 2 N–H and O–H groups in total. The number of alkyl halides is 3. The van der Waals surface area contributed by atoms with Gasteiger partial charge in [-0.15, -0.1) is 0 Å². The van der Waals surface area contributed by atoms with Gasteiger partial charge in [0.2, 0.25) is 0 Å². The summed E-state index contributed by atoms with van der Waals surface area (Å²) in [4.78, 5) is 41.4. The Morgan fingerprint density at radius 2 is 1.68 bits per heavy atom. The molecule has 1 unspecified atom stereocenters. The van der Waals surface area contributed by atoms with Gasteiger partial charge in [-0.1, -0.05) is 34.8 Å². The highest BCUT2D eigenvalue weighted by Gasteiger charge is 2.67. The molecule has 4 rings (SSSR count). The van der Waals surface area contributed by atoms with Gasteiger partial charge < -0.3 is 10.4 Å². The highest BCUT2D eigenvalue weighted by Crippen LogP contribution is 2.60. The topological polar surface area (TPSA) is 114 Å². The molecule has 2 saturated carbocycles. The van der Waals surface area contributed by atoms with Crippen LogP contribution in [0.5, 0.6) is 0 Å². The van der Waals surface area contributed by atoms with Crippen LogP contribution in [0.2, 0.25) is 15.2 Å². The number of carbonyl (C=O) groups is 3. The summed E-state index contributed by atoms with van der Waals surface area (Å²) in [6.07, 6.45) is -0.765. The fourth-order valence-corrected chi connectivity index (χ4v) is 5.89. The lowest BCUT2D eigenvalue weighted by atomic mass is 9.74. The summed E-state index contributed by atoms with van der Waals surface area (Å²) in [6, 6.07) is -1.87. The number of pyridine rings is 1. The van der Waals surface area contributed by atoms with Gasteiger partial charge in [-0.25, -0.2) is 0 Å². The Hall–Kier alpha value is -2.37. The van der Waals surface area contributed by atoms with Crippen molar-refractivity contribution in [2.24, 2.45) is 10.8 Å². The van der Waals surface area contributed by atoms with Gasteiger partial charge in [-0.3, -0.25) is 24.0 Å². The van der Waals surface area contributed by atoms with E-state index in [2.05, 4.69) is 15.4 Å². The molecular formula is C24H24Cl3F3N4O4. The van der Waals surface area contributed by atoms with E-state index in [4.69, 9.17) is 34.8 Å². The van der Waals surface area contributed by atoms with Gasteiger partial charge in [-0.2, -0.15) is 18.3 Å². The zero-order valence-corrected chi connectivity index (χ0v) is 22.4. The number of aromatic nitrogens is 3. The normalized spacial score (nSPS) is 23.5. The van der Waals surface area contributed by atoms with Crippen LogP contribution >= 0.6 is 34.8 Å². The highest BCUT2D eigenvalue weighted by molar-refractivity contribution is 6.39. The zero-order chi connectivity index (χ0) is 28.0. The molecule has 2 aromatic heterocycles. The summed E-state index contributed by atoms with van der Waals surface area (Å²) in [5, 5.41) is 15.7. The van der Waals surface area contributed by atoms with Gasteiger partial charge >= 0.3 is 12.1 Å². The minimum atomic E-state index is -4.68. The van der Waals surface area contributed by atoms with E-state index in [-0.39, 0.29) is 45.2 Å². The van der Waals surface area contributed by atoms with Crippen molar-refractivity contribution in [2.45, 2.75) is 70.1 Å². The van der Waals surface area contributed by atoms with Gasteiger partial charge in [0.05, 0.1) is 50.3 Å². The number of halogens is 6. The predicted molar refractivity (Wildman–Crippen MR) is 133 cm³/mol. The van der Waals surface area contributed by atoms with E-state index in [0.717, 1.165) is 18.6 Å². The lowest BCUT2D eigenvalue weighted by molar-refractivity contribution is -0.194. The maximum absolute atomic E-state index is 14.0. The fraction of sp³-hybridized carbons (Fsp3) is 0.542. The average molecular weight is 596 g/mol. The van der Waals surface area contributed by atoms with Gasteiger partial charge in [0.15, 0.2) is 5.78 Å². The number of ketones is 1. The Kier molecular flexibility index (Phi) is 7.77. The van der Waals surface area contributed by atoms with Crippen LogP contribution in [0.3, 0.4) is 0 Å². The highest BCUT2D eigenvalue weighted by atomic mass is 35.5. The number of hydrogen-bond donors (Lipinski definition) is 2.